The molecule has 0 aliphatic carbocycles. The molecule has 0 aliphatic rings. The van der Waals surface area contributed by atoms with Crippen LogP contribution in [0.3, 0.4) is 0 Å². The standard InChI is InChI=1S/C15H20F3N3Si/c1-4-22(5-2,6-3)11-7-8-19-12(9-11)13-10-14(21-20-13)15(16,17)18/h7-10H,4-6H2,1-3H3,(H,20,21). The van der Waals surface area contributed by atoms with Crippen molar-refractivity contribution in [3.05, 3.63) is 30.1 Å². The Bertz CT molecular complexity index is 625. The molecule has 1 N–H and O–H groups in total. The summed E-state index contributed by atoms with van der Waals surface area (Å²) in [6, 6.07) is 8.26. The van der Waals surface area contributed by atoms with Crippen molar-refractivity contribution in [1.82, 2.24) is 15.2 Å². The number of rotatable bonds is 5. The highest BCUT2D eigenvalue weighted by Crippen LogP contribution is 2.30. The highest BCUT2D eigenvalue weighted by atomic mass is 28.3. The summed E-state index contributed by atoms with van der Waals surface area (Å²) in [6.07, 6.45) is -2.74. The first kappa shape index (κ1) is 16.7. The third-order valence-corrected chi connectivity index (χ3v) is 10.1. The fraction of sp³-hybridized carbons (Fsp3) is 0.467. The van der Waals surface area contributed by atoms with E-state index in [0.717, 1.165) is 24.2 Å². The van der Waals surface area contributed by atoms with Crippen LogP contribution in [0.2, 0.25) is 18.1 Å². The normalized spacial score (nSPS) is 12.6. The number of pyridine rings is 1. The van der Waals surface area contributed by atoms with Crippen LogP contribution in [0.1, 0.15) is 26.5 Å². The maximum absolute atomic E-state index is 12.7. The lowest BCUT2D eigenvalue weighted by molar-refractivity contribution is -0.141. The summed E-state index contributed by atoms with van der Waals surface area (Å²) in [5.41, 5.74) is -0.114. The van der Waals surface area contributed by atoms with Gasteiger partial charge in [0.1, 0.15) is 11.4 Å². The molecule has 2 rings (SSSR count). The van der Waals surface area contributed by atoms with E-state index >= 15 is 0 Å². The molecule has 0 unspecified atom stereocenters. The van der Waals surface area contributed by atoms with Crippen LogP contribution < -0.4 is 5.19 Å². The molecule has 0 aromatic carbocycles. The van der Waals surface area contributed by atoms with Gasteiger partial charge in [0.05, 0.1) is 13.8 Å². The van der Waals surface area contributed by atoms with E-state index in [-0.39, 0.29) is 5.69 Å². The van der Waals surface area contributed by atoms with Gasteiger partial charge < -0.3 is 0 Å². The van der Waals surface area contributed by atoms with Crippen LogP contribution in [0.25, 0.3) is 11.4 Å². The van der Waals surface area contributed by atoms with Crippen molar-refractivity contribution >= 4 is 13.3 Å². The smallest absolute Gasteiger partial charge is 0.273 e. The van der Waals surface area contributed by atoms with Gasteiger partial charge in [-0.3, -0.25) is 10.1 Å². The first-order valence-corrected chi connectivity index (χ1v) is 10.1. The molecule has 0 atom stereocenters. The van der Waals surface area contributed by atoms with Crippen LogP contribution in [-0.2, 0) is 6.18 Å². The van der Waals surface area contributed by atoms with E-state index in [9.17, 15) is 13.2 Å². The summed E-state index contributed by atoms with van der Waals surface area (Å²) in [7, 11) is -1.59. The highest BCUT2D eigenvalue weighted by Gasteiger charge is 2.34. The van der Waals surface area contributed by atoms with Crippen LogP contribution in [0.4, 0.5) is 13.2 Å². The summed E-state index contributed by atoms with van der Waals surface area (Å²) in [4.78, 5) is 4.19. The quantitative estimate of drug-likeness (QED) is 0.836. The Morgan fingerprint density at radius 3 is 2.18 bits per heavy atom. The lowest BCUT2D eigenvalue weighted by Gasteiger charge is -2.28. The average molecular weight is 327 g/mol. The summed E-state index contributed by atoms with van der Waals surface area (Å²) < 4.78 is 38.0. The summed E-state index contributed by atoms with van der Waals surface area (Å²) in [5.74, 6) is 0. The minimum absolute atomic E-state index is 0.236. The van der Waals surface area contributed by atoms with Gasteiger partial charge in [0, 0.05) is 6.20 Å². The first-order valence-electron chi connectivity index (χ1n) is 7.45. The zero-order chi connectivity index (χ0) is 16.4. The second-order valence-electron chi connectivity index (χ2n) is 5.44. The van der Waals surface area contributed by atoms with Gasteiger partial charge in [0.15, 0.2) is 0 Å². The number of H-pyrrole nitrogens is 1. The molecule has 2 heterocycles. The Labute approximate surface area is 129 Å². The number of alkyl halides is 3. The largest absolute Gasteiger partial charge is 0.432 e. The number of hydrogen-bond donors (Lipinski definition) is 1. The molecule has 7 heteroatoms. The van der Waals surface area contributed by atoms with E-state index < -0.39 is 19.9 Å². The second kappa shape index (κ2) is 6.24. The number of aromatic nitrogens is 3. The second-order valence-corrected chi connectivity index (χ2v) is 10.7. The summed E-state index contributed by atoms with van der Waals surface area (Å²) in [5, 5.41) is 7.04. The number of nitrogens with one attached hydrogen (secondary N) is 1. The lowest BCUT2D eigenvalue weighted by Crippen LogP contribution is -2.45. The van der Waals surface area contributed by atoms with Crippen LogP contribution in [0.5, 0.6) is 0 Å². The monoisotopic (exact) mass is 327 g/mol. The SMILES string of the molecule is CC[Si](CC)(CC)c1ccnc(-c2cc(C(F)(F)F)[nH]n2)c1. The van der Waals surface area contributed by atoms with Crippen molar-refractivity contribution in [2.45, 2.75) is 45.1 Å². The van der Waals surface area contributed by atoms with E-state index in [0.29, 0.717) is 5.69 Å². The molecule has 0 spiro atoms. The summed E-state index contributed by atoms with van der Waals surface area (Å²) >= 11 is 0. The minimum atomic E-state index is -4.42. The van der Waals surface area contributed by atoms with E-state index in [1.807, 2.05) is 17.2 Å². The van der Waals surface area contributed by atoms with Crippen molar-refractivity contribution in [2.75, 3.05) is 0 Å². The molecule has 0 radical (unpaired) electrons. The van der Waals surface area contributed by atoms with E-state index in [1.54, 1.807) is 6.20 Å². The fourth-order valence-corrected chi connectivity index (χ4v) is 6.46. The third-order valence-electron chi connectivity index (χ3n) is 4.55. The zero-order valence-corrected chi connectivity index (χ0v) is 14.0. The number of aromatic amines is 1. The number of hydrogen-bond acceptors (Lipinski definition) is 2. The van der Waals surface area contributed by atoms with Gasteiger partial charge in [-0.1, -0.05) is 44.1 Å². The fourth-order valence-electron chi connectivity index (χ4n) is 2.86. The van der Waals surface area contributed by atoms with Crippen molar-refractivity contribution in [3.8, 4) is 11.4 Å². The average Bonchev–Trinajstić information content (AvgIpc) is 3.00. The highest BCUT2D eigenvalue weighted by molar-refractivity contribution is 6.91. The molecular formula is C15H20F3N3Si. The Morgan fingerprint density at radius 1 is 1.05 bits per heavy atom. The molecule has 0 bridgehead atoms. The topological polar surface area (TPSA) is 41.6 Å². The molecule has 0 saturated heterocycles. The van der Waals surface area contributed by atoms with Crippen molar-refractivity contribution in [3.63, 3.8) is 0 Å². The molecule has 2 aromatic heterocycles. The zero-order valence-electron chi connectivity index (χ0n) is 13.0. The Hall–Kier alpha value is -1.63. The van der Waals surface area contributed by atoms with Crippen molar-refractivity contribution < 1.29 is 13.2 Å². The maximum atomic E-state index is 12.7. The van der Waals surface area contributed by atoms with Crippen LogP contribution in [0.15, 0.2) is 24.4 Å². The van der Waals surface area contributed by atoms with Crippen LogP contribution in [-0.4, -0.2) is 23.3 Å². The van der Waals surface area contributed by atoms with Gasteiger partial charge in [-0.25, -0.2) is 0 Å². The lowest BCUT2D eigenvalue weighted by atomic mass is 10.2. The molecule has 0 amide bonds. The van der Waals surface area contributed by atoms with Gasteiger partial charge in [0.2, 0.25) is 0 Å². The van der Waals surface area contributed by atoms with Crippen LogP contribution in [0, 0.1) is 0 Å². The first-order chi connectivity index (χ1) is 10.4. The number of halogens is 3. The van der Waals surface area contributed by atoms with Crippen molar-refractivity contribution in [1.29, 1.82) is 0 Å². The van der Waals surface area contributed by atoms with Gasteiger partial charge in [-0.15, -0.1) is 0 Å². The van der Waals surface area contributed by atoms with Crippen LogP contribution >= 0.6 is 0 Å². The Balaban J connectivity index is 2.42. The molecular weight excluding hydrogens is 307 g/mol. The third kappa shape index (κ3) is 3.09. The van der Waals surface area contributed by atoms with Gasteiger partial charge in [0.25, 0.3) is 0 Å². The van der Waals surface area contributed by atoms with E-state index in [4.69, 9.17) is 0 Å². The minimum Gasteiger partial charge on any atom is -0.273 e. The molecule has 0 saturated carbocycles. The molecule has 120 valence electrons. The van der Waals surface area contributed by atoms with Crippen molar-refractivity contribution in [2.24, 2.45) is 0 Å². The molecule has 0 aliphatic heterocycles. The number of nitrogens with zero attached hydrogens (tertiary/aromatic N) is 2. The summed E-state index contributed by atoms with van der Waals surface area (Å²) in [6.45, 7) is 6.57. The van der Waals surface area contributed by atoms with E-state index in [2.05, 4.69) is 30.9 Å². The molecule has 3 nitrogen and oxygen atoms in total. The predicted octanol–water partition coefficient (Wildman–Crippen LogP) is 4.21. The molecule has 0 fully saturated rings. The molecule has 22 heavy (non-hydrogen) atoms. The van der Waals surface area contributed by atoms with Gasteiger partial charge in [-0.05, 0) is 18.2 Å². The van der Waals surface area contributed by atoms with E-state index in [1.165, 1.54) is 5.19 Å². The Morgan fingerprint density at radius 2 is 1.68 bits per heavy atom. The van der Waals surface area contributed by atoms with Gasteiger partial charge >= 0.3 is 6.18 Å². The maximum Gasteiger partial charge on any atom is 0.432 e. The predicted molar refractivity (Wildman–Crippen MR) is 83.7 cm³/mol. The Kier molecular flexibility index (Phi) is 4.74. The van der Waals surface area contributed by atoms with Gasteiger partial charge in [-0.2, -0.15) is 18.3 Å². The molecule has 2 aromatic rings.